The molecular formula is C16H20N6O. The van der Waals surface area contributed by atoms with Crippen molar-refractivity contribution in [3.63, 3.8) is 0 Å². The van der Waals surface area contributed by atoms with Gasteiger partial charge in [0, 0.05) is 57.4 Å². The van der Waals surface area contributed by atoms with Gasteiger partial charge in [-0.3, -0.25) is 4.79 Å². The van der Waals surface area contributed by atoms with Gasteiger partial charge in [0.25, 0.3) is 5.91 Å². The average Bonchev–Trinajstić information content (AvgIpc) is 3.04. The molecule has 1 fully saturated rings. The van der Waals surface area contributed by atoms with Crippen LogP contribution >= 0.6 is 0 Å². The molecule has 1 aliphatic heterocycles. The molecule has 0 saturated carbocycles. The SMILES string of the molecule is Cc1ccnc([C@@H]2CCN(C(=O)c3cnc(N(C)C)nc3)C2)n1. The molecule has 0 aromatic carbocycles. The van der Waals surface area contributed by atoms with Crippen molar-refractivity contribution in [1.82, 2.24) is 24.8 Å². The second kappa shape index (κ2) is 6.28. The molecule has 1 atom stereocenters. The minimum Gasteiger partial charge on any atom is -0.347 e. The van der Waals surface area contributed by atoms with Crippen LogP contribution in [0.25, 0.3) is 0 Å². The Morgan fingerprint density at radius 1 is 1.26 bits per heavy atom. The van der Waals surface area contributed by atoms with E-state index >= 15 is 0 Å². The van der Waals surface area contributed by atoms with Crippen LogP contribution in [0.5, 0.6) is 0 Å². The van der Waals surface area contributed by atoms with E-state index in [9.17, 15) is 4.79 Å². The Labute approximate surface area is 135 Å². The van der Waals surface area contributed by atoms with Crippen LogP contribution in [0.4, 0.5) is 5.95 Å². The van der Waals surface area contributed by atoms with Gasteiger partial charge in [0.05, 0.1) is 5.56 Å². The van der Waals surface area contributed by atoms with Crippen molar-refractivity contribution in [2.45, 2.75) is 19.3 Å². The van der Waals surface area contributed by atoms with Crippen molar-refractivity contribution < 1.29 is 4.79 Å². The first-order chi connectivity index (χ1) is 11.0. The predicted molar refractivity (Wildman–Crippen MR) is 86.4 cm³/mol. The minimum absolute atomic E-state index is 0.0366. The fourth-order valence-corrected chi connectivity index (χ4v) is 2.67. The lowest BCUT2D eigenvalue weighted by Gasteiger charge is -2.16. The van der Waals surface area contributed by atoms with Gasteiger partial charge in [-0.1, -0.05) is 0 Å². The van der Waals surface area contributed by atoms with E-state index in [0.29, 0.717) is 24.6 Å². The molecule has 2 aromatic rings. The molecule has 120 valence electrons. The summed E-state index contributed by atoms with van der Waals surface area (Å²) in [7, 11) is 3.73. The second-order valence-electron chi connectivity index (χ2n) is 5.96. The van der Waals surface area contributed by atoms with Crippen LogP contribution in [-0.2, 0) is 0 Å². The van der Waals surface area contributed by atoms with E-state index in [1.54, 1.807) is 23.5 Å². The smallest absolute Gasteiger partial charge is 0.257 e. The van der Waals surface area contributed by atoms with Crippen molar-refractivity contribution in [1.29, 1.82) is 0 Å². The molecule has 0 spiro atoms. The maximum absolute atomic E-state index is 12.6. The van der Waals surface area contributed by atoms with Crippen LogP contribution in [0.3, 0.4) is 0 Å². The summed E-state index contributed by atoms with van der Waals surface area (Å²) in [6.07, 6.45) is 5.82. The molecule has 1 aliphatic rings. The molecule has 2 aromatic heterocycles. The first kappa shape index (κ1) is 15.3. The molecule has 0 N–H and O–H groups in total. The van der Waals surface area contributed by atoms with E-state index in [1.165, 1.54) is 0 Å². The zero-order valence-electron chi connectivity index (χ0n) is 13.6. The van der Waals surface area contributed by atoms with Crippen LogP contribution in [0, 0.1) is 6.92 Å². The zero-order chi connectivity index (χ0) is 16.4. The van der Waals surface area contributed by atoms with Gasteiger partial charge in [-0.05, 0) is 19.4 Å². The molecule has 0 unspecified atom stereocenters. The quantitative estimate of drug-likeness (QED) is 0.849. The lowest BCUT2D eigenvalue weighted by atomic mass is 10.1. The van der Waals surface area contributed by atoms with Gasteiger partial charge in [-0.15, -0.1) is 0 Å². The number of amides is 1. The standard InChI is InChI=1S/C16H20N6O/c1-11-4-6-17-14(20-11)12-5-7-22(10-12)15(23)13-8-18-16(19-9-13)21(2)3/h4,6,8-9,12H,5,7,10H2,1-3H3/t12-/m1/s1. The lowest BCUT2D eigenvalue weighted by molar-refractivity contribution is 0.0789. The molecule has 3 heterocycles. The molecule has 3 rings (SSSR count). The Hall–Kier alpha value is -2.57. The molecule has 23 heavy (non-hydrogen) atoms. The van der Waals surface area contributed by atoms with Gasteiger partial charge in [-0.2, -0.15) is 0 Å². The van der Waals surface area contributed by atoms with Crippen molar-refractivity contribution in [2.75, 3.05) is 32.1 Å². The maximum atomic E-state index is 12.6. The highest BCUT2D eigenvalue weighted by Crippen LogP contribution is 2.25. The van der Waals surface area contributed by atoms with Gasteiger partial charge >= 0.3 is 0 Å². The summed E-state index contributed by atoms with van der Waals surface area (Å²) in [6.45, 7) is 3.29. The molecule has 0 bridgehead atoms. The first-order valence-corrected chi connectivity index (χ1v) is 7.63. The monoisotopic (exact) mass is 312 g/mol. The highest BCUT2D eigenvalue weighted by Gasteiger charge is 2.30. The Kier molecular flexibility index (Phi) is 4.18. The van der Waals surface area contributed by atoms with Crippen molar-refractivity contribution >= 4 is 11.9 Å². The number of aromatic nitrogens is 4. The third kappa shape index (κ3) is 3.28. The fraction of sp³-hybridized carbons (Fsp3) is 0.438. The number of carbonyl (C=O) groups is 1. The molecule has 0 aliphatic carbocycles. The molecule has 1 amide bonds. The van der Waals surface area contributed by atoms with Crippen LogP contribution in [-0.4, -0.2) is 57.9 Å². The van der Waals surface area contributed by atoms with Gasteiger partial charge < -0.3 is 9.80 Å². The fourth-order valence-electron chi connectivity index (χ4n) is 2.67. The molecular weight excluding hydrogens is 292 g/mol. The Bertz CT molecular complexity index is 700. The second-order valence-corrected chi connectivity index (χ2v) is 5.96. The summed E-state index contributed by atoms with van der Waals surface area (Å²) in [6, 6.07) is 1.88. The summed E-state index contributed by atoms with van der Waals surface area (Å²) in [5, 5.41) is 0. The number of aryl methyl sites for hydroxylation is 1. The number of rotatable bonds is 3. The molecule has 1 saturated heterocycles. The number of hydrogen-bond acceptors (Lipinski definition) is 6. The summed E-state index contributed by atoms with van der Waals surface area (Å²) < 4.78 is 0. The first-order valence-electron chi connectivity index (χ1n) is 7.63. The van der Waals surface area contributed by atoms with Gasteiger partial charge in [0.15, 0.2) is 0 Å². The van der Waals surface area contributed by atoms with E-state index < -0.39 is 0 Å². The number of nitrogens with zero attached hydrogens (tertiary/aromatic N) is 6. The lowest BCUT2D eigenvalue weighted by Crippen LogP contribution is -2.29. The number of carbonyl (C=O) groups excluding carboxylic acids is 1. The Morgan fingerprint density at radius 3 is 2.65 bits per heavy atom. The highest BCUT2D eigenvalue weighted by atomic mass is 16.2. The Balaban J connectivity index is 1.69. The van der Waals surface area contributed by atoms with Gasteiger partial charge in [-0.25, -0.2) is 19.9 Å². The zero-order valence-corrected chi connectivity index (χ0v) is 13.6. The summed E-state index contributed by atoms with van der Waals surface area (Å²) in [4.78, 5) is 33.4. The van der Waals surface area contributed by atoms with E-state index in [0.717, 1.165) is 17.9 Å². The third-order valence-electron chi connectivity index (χ3n) is 3.94. The van der Waals surface area contributed by atoms with Crippen molar-refractivity contribution in [3.8, 4) is 0 Å². The molecule has 0 radical (unpaired) electrons. The van der Waals surface area contributed by atoms with Crippen LogP contribution in [0.1, 0.15) is 34.2 Å². The largest absolute Gasteiger partial charge is 0.347 e. The number of likely N-dealkylation sites (tertiary alicyclic amines) is 1. The summed E-state index contributed by atoms with van der Waals surface area (Å²) >= 11 is 0. The van der Waals surface area contributed by atoms with Crippen molar-refractivity contribution in [3.05, 3.63) is 41.7 Å². The number of hydrogen-bond donors (Lipinski definition) is 0. The van der Waals surface area contributed by atoms with Crippen LogP contribution in [0.2, 0.25) is 0 Å². The topological polar surface area (TPSA) is 75.1 Å². The van der Waals surface area contributed by atoms with E-state index in [1.807, 2.05) is 32.0 Å². The molecule has 7 nitrogen and oxygen atoms in total. The van der Waals surface area contributed by atoms with E-state index in [2.05, 4.69) is 19.9 Å². The predicted octanol–water partition coefficient (Wildman–Crippen LogP) is 1.27. The van der Waals surface area contributed by atoms with Crippen LogP contribution in [0.15, 0.2) is 24.7 Å². The van der Waals surface area contributed by atoms with E-state index in [-0.39, 0.29) is 11.8 Å². The normalized spacial score (nSPS) is 17.3. The maximum Gasteiger partial charge on any atom is 0.257 e. The number of anilines is 1. The van der Waals surface area contributed by atoms with Gasteiger partial charge in [0.1, 0.15) is 5.82 Å². The third-order valence-corrected chi connectivity index (χ3v) is 3.94. The highest BCUT2D eigenvalue weighted by molar-refractivity contribution is 5.93. The summed E-state index contributed by atoms with van der Waals surface area (Å²) in [5.74, 6) is 1.57. The summed E-state index contributed by atoms with van der Waals surface area (Å²) in [5.41, 5.74) is 1.47. The minimum atomic E-state index is -0.0366. The van der Waals surface area contributed by atoms with Crippen LogP contribution < -0.4 is 4.90 Å². The Morgan fingerprint density at radius 2 is 2.00 bits per heavy atom. The van der Waals surface area contributed by atoms with Crippen molar-refractivity contribution in [2.24, 2.45) is 0 Å². The average molecular weight is 312 g/mol. The van der Waals surface area contributed by atoms with E-state index in [4.69, 9.17) is 0 Å². The van der Waals surface area contributed by atoms with Gasteiger partial charge in [0.2, 0.25) is 5.95 Å². The molecule has 7 heteroatoms.